The molecule has 3 rings (SSSR count). The van der Waals surface area contributed by atoms with Crippen molar-refractivity contribution in [3.8, 4) is 11.5 Å². The number of hydrogen-bond acceptors (Lipinski definition) is 4. The molecule has 1 aliphatic rings. The van der Waals surface area contributed by atoms with Gasteiger partial charge in [0.05, 0.1) is 13.7 Å². The lowest BCUT2D eigenvalue weighted by atomic mass is 10.0. The van der Waals surface area contributed by atoms with Crippen LogP contribution in [0, 0.1) is 5.92 Å². The van der Waals surface area contributed by atoms with Gasteiger partial charge in [0.2, 0.25) is 0 Å². The number of alkyl carbamates (subject to hydrolysis) is 1. The maximum Gasteiger partial charge on any atom is 0.407 e. The van der Waals surface area contributed by atoms with Crippen molar-refractivity contribution in [3.63, 3.8) is 0 Å². The quantitative estimate of drug-likeness (QED) is 0.542. The summed E-state index contributed by atoms with van der Waals surface area (Å²) in [5.74, 6) is 2.15. The average Bonchev–Trinajstić information content (AvgIpc) is 3.51. The summed E-state index contributed by atoms with van der Waals surface area (Å²) in [5.41, 5.74) is 1.84. The molecular formula is C26H35NO4. The Morgan fingerprint density at radius 2 is 1.81 bits per heavy atom. The van der Waals surface area contributed by atoms with Gasteiger partial charge in [0.15, 0.2) is 11.5 Å². The summed E-state index contributed by atoms with van der Waals surface area (Å²) in [6.45, 7) is 6.21. The van der Waals surface area contributed by atoms with E-state index in [0.29, 0.717) is 12.5 Å². The number of hydrogen-bond donors (Lipinski definition) is 1. The summed E-state index contributed by atoms with van der Waals surface area (Å²) in [4.78, 5) is 12.3. The predicted molar refractivity (Wildman–Crippen MR) is 123 cm³/mol. The Labute approximate surface area is 186 Å². The fraction of sp³-hybridized carbons (Fsp3) is 0.500. The number of ether oxygens (including phenoxy) is 3. The molecule has 1 unspecified atom stereocenters. The van der Waals surface area contributed by atoms with E-state index in [1.54, 1.807) is 7.11 Å². The number of rotatable bonds is 10. The Balaban J connectivity index is 1.63. The van der Waals surface area contributed by atoms with Gasteiger partial charge in [-0.15, -0.1) is 0 Å². The summed E-state index contributed by atoms with van der Waals surface area (Å²) in [6.07, 6.45) is 4.65. The Bertz CT molecular complexity index is 840. The molecule has 0 radical (unpaired) electrons. The zero-order chi connectivity index (χ0) is 22.3. The van der Waals surface area contributed by atoms with Gasteiger partial charge in [-0.1, -0.05) is 49.2 Å². The van der Waals surface area contributed by atoms with E-state index in [1.165, 1.54) is 18.4 Å². The molecule has 0 bridgehead atoms. The van der Waals surface area contributed by atoms with Crippen molar-refractivity contribution >= 4 is 6.09 Å². The number of carbonyl (C=O) groups excluding carboxylic acids is 1. The highest BCUT2D eigenvalue weighted by Crippen LogP contribution is 2.35. The molecule has 1 saturated carbocycles. The third-order valence-electron chi connectivity index (χ3n) is 5.24. The van der Waals surface area contributed by atoms with E-state index in [0.717, 1.165) is 36.3 Å². The lowest BCUT2D eigenvalue weighted by molar-refractivity contribution is 0.0500. The molecule has 5 nitrogen and oxygen atoms in total. The van der Waals surface area contributed by atoms with Crippen molar-refractivity contribution < 1.29 is 19.0 Å². The van der Waals surface area contributed by atoms with Crippen LogP contribution in [0.15, 0.2) is 48.5 Å². The summed E-state index contributed by atoms with van der Waals surface area (Å²) >= 11 is 0. The molecule has 1 aliphatic carbocycles. The molecule has 0 saturated heterocycles. The molecule has 1 atom stereocenters. The zero-order valence-electron chi connectivity index (χ0n) is 19.1. The minimum Gasteiger partial charge on any atom is -0.493 e. The third kappa shape index (κ3) is 8.16. The van der Waals surface area contributed by atoms with E-state index in [4.69, 9.17) is 14.2 Å². The largest absolute Gasteiger partial charge is 0.493 e. The molecule has 0 aromatic heterocycles. The average molecular weight is 426 g/mol. The molecule has 1 amide bonds. The number of carbonyl (C=O) groups is 1. The summed E-state index contributed by atoms with van der Waals surface area (Å²) in [5, 5.41) is 3.07. The molecule has 168 valence electrons. The first kappa shape index (κ1) is 23.0. The van der Waals surface area contributed by atoms with E-state index < -0.39 is 5.60 Å². The van der Waals surface area contributed by atoms with E-state index in [-0.39, 0.29) is 12.1 Å². The number of methoxy groups -OCH3 is 1. The first-order valence-electron chi connectivity index (χ1n) is 11.2. The minimum absolute atomic E-state index is 0.0351. The van der Waals surface area contributed by atoms with Crippen molar-refractivity contribution in [2.75, 3.05) is 13.7 Å². The molecule has 0 heterocycles. The van der Waals surface area contributed by atoms with Crippen molar-refractivity contribution in [1.29, 1.82) is 0 Å². The number of benzene rings is 2. The first-order chi connectivity index (χ1) is 14.8. The van der Waals surface area contributed by atoms with Crippen molar-refractivity contribution in [2.24, 2.45) is 5.92 Å². The molecule has 0 spiro atoms. The Morgan fingerprint density at radius 3 is 2.45 bits per heavy atom. The van der Waals surface area contributed by atoms with Crippen LogP contribution < -0.4 is 14.8 Å². The van der Waals surface area contributed by atoms with Crippen LogP contribution in [0.25, 0.3) is 0 Å². The van der Waals surface area contributed by atoms with Gasteiger partial charge >= 0.3 is 6.09 Å². The number of nitrogens with one attached hydrogen (secondary N) is 1. The van der Waals surface area contributed by atoms with Crippen molar-refractivity contribution in [2.45, 2.75) is 64.5 Å². The summed E-state index contributed by atoms with van der Waals surface area (Å²) < 4.78 is 17.0. The van der Waals surface area contributed by atoms with Gasteiger partial charge in [-0.25, -0.2) is 4.79 Å². The van der Waals surface area contributed by atoms with Gasteiger partial charge in [0.25, 0.3) is 0 Å². The van der Waals surface area contributed by atoms with E-state index in [9.17, 15) is 4.79 Å². The molecule has 2 aromatic rings. The second-order valence-corrected chi connectivity index (χ2v) is 9.30. The Hall–Kier alpha value is -2.69. The zero-order valence-corrected chi connectivity index (χ0v) is 19.1. The minimum atomic E-state index is -0.506. The van der Waals surface area contributed by atoms with E-state index in [2.05, 4.69) is 17.4 Å². The lowest BCUT2D eigenvalue weighted by Crippen LogP contribution is -2.40. The van der Waals surface area contributed by atoms with Gasteiger partial charge in [-0.05, 0) is 62.8 Å². The summed E-state index contributed by atoms with van der Waals surface area (Å²) in [7, 11) is 1.65. The standard InChI is InChI=1S/C26H35NO4/c1-26(2,3)31-25(28)27-22(16-20-10-11-20)17-21-12-13-23(29-4)24(18-21)30-15-14-19-8-6-5-7-9-19/h5-9,12-13,18,20,22H,10-11,14-17H2,1-4H3,(H,27,28). The SMILES string of the molecule is COc1ccc(CC(CC2CC2)NC(=O)OC(C)(C)C)cc1OCCc1ccccc1. The van der Waals surface area contributed by atoms with Crippen LogP contribution in [0.5, 0.6) is 11.5 Å². The highest BCUT2D eigenvalue weighted by Gasteiger charge is 2.28. The van der Waals surface area contributed by atoms with Gasteiger partial charge in [0.1, 0.15) is 5.60 Å². The highest BCUT2D eigenvalue weighted by atomic mass is 16.6. The van der Waals surface area contributed by atoms with Crippen LogP contribution in [-0.2, 0) is 17.6 Å². The van der Waals surface area contributed by atoms with Gasteiger partial charge < -0.3 is 19.5 Å². The van der Waals surface area contributed by atoms with E-state index in [1.807, 2.05) is 57.2 Å². The topological polar surface area (TPSA) is 56.8 Å². The third-order valence-corrected chi connectivity index (χ3v) is 5.24. The first-order valence-corrected chi connectivity index (χ1v) is 11.2. The van der Waals surface area contributed by atoms with Crippen LogP contribution in [0.3, 0.4) is 0 Å². The van der Waals surface area contributed by atoms with Crippen molar-refractivity contribution in [1.82, 2.24) is 5.32 Å². The fourth-order valence-electron chi connectivity index (χ4n) is 3.59. The van der Waals surface area contributed by atoms with Crippen LogP contribution in [0.1, 0.15) is 51.2 Å². The molecular weight excluding hydrogens is 390 g/mol. The monoisotopic (exact) mass is 425 g/mol. The lowest BCUT2D eigenvalue weighted by Gasteiger charge is -2.24. The predicted octanol–water partition coefficient (Wildman–Crippen LogP) is 5.55. The van der Waals surface area contributed by atoms with Crippen LogP contribution >= 0.6 is 0 Å². The maximum absolute atomic E-state index is 12.3. The normalized spacial score (nSPS) is 14.6. The molecule has 0 aliphatic heterocycles. The van der Waals surface area contributed by atoms with E-state index >= 15 is 0 Å². The van der Waals surface area contributed by atoms with Crippen molar-refractivity contribution in [3.05, 3.63) is 59.7 Å². The second-order valence-electron chi connectivity index (χ2n) is 9.30. The smallest absolute Gasteiger partial charge is 0.407 e. The second kappa shape index (κ2) is 10.6. The number of amides is 1. The Morgan fingerprint density at radius 1 is 1.06 bits per heavy atom. The highest BCUT2D eigenvalue weighted by molar-refractivity contribution is 5.68. The van der Waals surface area contributed by atoms with Gasteiger partial charge in [0, 0.05) is 12.5 Å². The molecule has 2 aromatic carbocycles. The molecule has 5 heteroatoms. The van der Waals surface area contributed by atoms with Crippen LogP contribution in [-0.4, -0.2) is 31.5 Å². The molecule has 31 heavy (non-hydrogen) atoms. The fourth-order valence-corrected chi connectivity index (χ4v) is 3.59. The maximum atomic E-state index is 12.3. The molecule has 1 N–H and O–H groups in total. The summed E-state index contributed by atoms with van der Waals surface area (Å²) in [6, 6.07) is 16.3. The molecule has 1 fully saturated rings. The Kier molecular flexibility index (Phi) is 7.83. The van der Waals surface area contributed by atoms with Gasteiger partial charge in [-0.2, -0.15) is 0 Å². The van der Waals surface area contributed by atoms with Gasteiger partial charge in [-0.3, -0.25) is 0 Å². The van der Waals surface area contributed by atoms with Crippen LogP contribution in [0.4, 0.5) is 4.79 Å². The van der Waals surface area contributed by atoms with Crippen LogP contribution in [0.2, 0.25) is 0 Å².